The van der Waals surface area contributed by atoms with Crippen LogP contribution in [0.25, 0.3) is 0 Å². The van der Waals surface area contributed by atoms with Crippen LogP contribution in [-0.4, -0.2) is 32.4 Å². The lowest BCUT2D eigenvalue weighted by atomic mass is 10.4. The van der Waals surface area contributed by atoms with E-state index in [1.807, 2.05) is 20.8 Å². The minimum atomic E-state index is -3.47. The Hall–Kier alpha value is -0.370. The van der Waals surface area contributed by atoms with Crippen molar-refractivity contribution in [2.45, 2.75) is 32.2 Å². The van der Waals surface area contributed by atoms with Crippen molar-refractivity contribution in [3.05, 3.63) is 16.5 Å². The molecule has 7 heteroatoms. The van der Waals surface area contributed by atoms with E-state index in [9.17, 15) is 8.42 Å². The molecule has 1 aromatic heterocycles. The van der Waals surface area contributed by atoms with Crippen LogP contribution in [0.4, 0.5) is 0 Å². The fourth-order valence-electron chi connectivity index (χ4n) is 1.61. The van der Waals surface area contributed by atoms with E-state index in [-0.39, 0.29) is 9.56 Å². The maximum absolute atomic E-state index is 12.3. The molecule has 0 spiro atoms. The summed E-state index contributed by atoms with van der Waals surface area (Å²) < 4.78 is 31.7. The highest BCUT2D eigenvalue weighted by Crippen LogP contribution is 2.28. The lowest BCUT2D eigenvalue weighted by Gasteiger charge is -2.17. The third-order valence-electron chi connectivity index (χ3n) is 2.58. The van der Waals surface area contributed by atoms with Gasteiger partial charge in [-0.05, 0) is 22.5 Å². The van der Waals surface area contributed by atoms with Crippen molar-refractivity contribution in [2.75, 3.05) is 19.6 Å². The lowest BCUT2D eigenvalue weighted by molar-refractivity contribution is 0.438. The largest absolute Gasteiger partial charge is 0.452 e. The molecule has 0 amide bonds. The first-order valence-electron chi connectivity index (χ1n) is 5.96. The summed E-state index contributed by atoms with van der Waals surface area (Å²) in [5, 5.41) is 3.09. The van der Waals surface area contributed by atoms with E-state index in [0.717, 1.165) is 6.54 Å². The molecular weight excluding hydrogens is 320 g/mol. The molecule has 18 heavy (non-hydrogen) atoms. The fraction of sp³-hybridized carbons (Fsp3) is 0.636. The SMILES string of the molecule is CCNCc1cc(S(=O)(=O)N(CC)CC)c(Br)o1. The van der Waals surface area contributed by atoms with E-state index < -0.39 is 10.0 Å². The van der Waals surface area contributed by atoms with Gasteiger partial charge < -0.3 is 9.73 Å². The van der Waals surface area contributed by atoms with Crippen molar-refractivity contribution in [2.24, 2.45) is 0 Å². The van der Waals surface area contributed by atoms with Crippen molar-refractivity contribution < 1.29 is 12.8 Å². The molecule has 0 unspecified atom stereocenters. The molecule has 1 N–H and O–H groups in total. The lowest BCUT2D eigenvalue weighted by Crippen LogP contribution is -2.30. The van der Waals surface area contributed by atoms with Gasteiger partial charge in [0.2, 0.25) is 10.0 Å². The average molecular weight is 339 g/mol. The number of nitrogens with one attached hydrogen (secondary N) is 1. The maximum Gasteiger partial charge on any atom is 0.247 e. The van der Waals surface area contributed by atoms with Gasteiger partial charge >= 0.3 is 0 Å². The Kier molecular flexibility index (Phi) is 5.84. The van der Waals surface area contributed by atoms with E-state index in [1.54, 1.807) is 6.07 Å². The predicted octanol–water partition coefficient (Wildman–Crippen LogP) is 2.18. The second kappa shape index (κ2) is 6.70. The third-order valence-corrected chi connectivity index (χ3v) is 5.49. The molecule has 1 rings (SSSR count). The fourth-order valence-corrected chi connectivity index (χ4v) is 4.03. The summed E-state index contributed by atoms with van der Waals surface area (Å²) >= 11 is 3.17. The highest BCUT2D eigenvalue weighted by Gasteiger charge is 2.27. The molecule has 0 aliphatic carbocycles. The number of rotatable bonds is 7. The van der Waals surface area contributed by atoms with E-state index in [1.165, 1.54) is 4.31 Å². The predicted molar refractivity (Wildman–Crippen MR) is 73.9 cm³/mol. The van der Waals surface area contributed by atoms with Gasteiger partial charge in [0, 0.05) is 19.2 Å². The summed E-state index contributed by atoms with van der Waals surface area (Å²) in [6.45, 7) is 7.81. The molecule has 5 nitrogen and oxygen atoms in total. The van der Waals surface area contributed by atoms with Gasteiger partial charge in [-0.1, -0.05) is 20.8 Å². The Bertz CT molecular complexity index is 480. The van der Waals surface area contributed by atoms with Gasteiger partial charge in [0.05, 0.1) is 6.54 Å². The van der Waals surface area contributed by atoms with Gasteiger partial charge in [-0.25, -0.2) is 8.42 Å². The monoisotopic (exact) mass is 338 g/mol. The first-order valence-corrected chi connectivity index (χ1v) is 8.19. The number of nitrogens with zero attached hydrogens (tertiary/aromatic N) is 1. The maximum atomic E-state index is 12.3. The van der Waals surface area contributed by atoms with Gasteiger partial charge in [-0.3, -0.25) is 0 Å². The standard InChI is InChI=1S/C11H19BrN2O3S/c1-4-13-8-9-7-10(11(12)17-9)18(15,16)14(5-2)6-3/h7,13H,4-6,8H2,1-3H3. The zero-order chi connectivity index (χ0) is 13.8. The third kappa shape index (κ3) is 3.34. The van der Waals surface area contributed by atoms with Gasteiger partial charge in [0.1, 0.15) is 10.7 Å². The van der Waals surface area contributed by atoms with Crippen molar-refractivity contribution in [3.8, 4) is 0 Å². The van der Waals surface area contributed by atoms with E-state index in [0.29, 0.717) is 25.4 Å². The number of hydrogen-bond acceptors (Lipinski definition) is 4. The molecule has 0 aliphatic heterocycles. The second-order valence-corrected chi connectivity index (χ2v) is 6.35. The number of halogens is 1. The smallest absolute Gasteiger partial charge is 0.247 e. The molecule has 104 valence electrons. The van der Waals surface area contributed by atoms with Gasteiger partial charge in [-0.2, -0.15) is 4.31 Å². The van der Waals surface area contributed by atoms with Crippen LogP contribution >= 0.6 is 15.9 Å². The van der Waals surface area contributed by atoms with Crippen molar-refractivity contribution >= 4 is 26.0 Å². The highest BCUT2D eigenvalue weighted by atomic mass is 79.9. The average Bonchev–Trinajstić information content (AvgIpc) is 2.70. The van der Waals surface area contributed by atoms with Gasteiger partial charge in [-0.15, -0.1) is 0 Å². The van der Waals surface area contributed by atoms with Crippen LogP contribution in [-0.2, 0) is 16.6 Å². The first-order chi connectivity index (χ1) is 8.47. The molecule has 0 aliphatic rings. The molecule has 0 radical (unpaired) electrons. The second-order valence-electron chi connectivity index (χ2n) is 3.72. The summed E-state index contributed by atoms with van der Waals surface area (Å²) in [5.74, 6) is 0.606. The van der Waals surface area contributed by atoms with Crippen LogP contribution in [0.5, 0.6) is 0 Å². The molecule has 0 saturated heterocycles. The molecule has 0 saturated carbocycles. The topological polar surface area (TPSA) is 62.6 Å². The molecule has 1 heterocycles. The van der Waals surface area contributed by atoms with E-state index >= 15 is 0 Å². The van der Waals surface area contributed by atoms with Crippen LogP contribution in [0.15, 0.2) is 20.0 Å². The number of furan rings is 1. The molecule has 1 aromatic rings. The summed E-state index contributed by atoms with van der Waals surface area (Å²) in [6.07, 6.45) is 0. The zero-order valence-electron chi connectivity index (χ0n) is 10.9. The Labute approximate surface area is 117 Å². The Morgan fingerprint density at radius 3 is 2.44 bits per heavy atom. The van der Waals surface area contributed by atoms with Gasteiger partial charge in [0.15, 0.2) is 4.67 Å². The zero-order valence-corrected chi connectivity index (χ0v) is 13.3. The molecule has 0 bridgehead atoms. The van der Waals surface area contributed by atoms with Crippen LogP contribution < -0.4 is 5.32 Å². The normalized spacial score (nSPS) is 12.3. The minimum absolute atomic E-state index is 0.194. The molecule has 0 aromatic carbocycles. The van der Waals surface area contributed by atoms with Crippen LogP contribution in [0.1, 0.15) is 26.5 Å². The van der Waals surface area contributed by atoms with Crippen molar-refractivity contribution in [1.82, 2.24) is 9.62 Å². The van der Waals surface area contributed by atoms with Crippen molar-refractivity contribution in [1.29, 1.82) is 0 Å². The summed E-state index contributed by atoms with van der Waals surface area (Å²) in [6, 6.07) is 1.57. The van der Waals surface area contributed by atoms with E-state index in [4.69, 9.17) is 4.42 Å². The van der Waals surface area contributed by atoms with Crippen molar-refractivity contribution in [3.63, 3.8) is 0 Å². The summed E-state index contributed by atoms with van der Waals surface area (Å²) in [5.41, 5.74) is 0. The van der Waals surface area contributed by atoms with Crippen LogP contribution in [0, 0.1) is 0 Å². The highest BCUT2D eigenvalue weighted by molar-refractivity contribution is 9.10. The summed E-state index contributed by atoms with van der Waals surface area (Å²) in [4.78, 5) is 0.194. The molecular formula is C11H19BrN2O3S. The van der Waals surface area contributed by atoms with Gasteiger partial charge in [0.25, 0.3) is 0 Å². The number of sulfonamides is 1. The summed E-state index contributed by atoms with van der Waals surface area (Å²) in [7, 11) is -3.47. The first kappa shape index (κ1) is 15.7. The Morgan fingerprint density at radius 2 is 1.94 bits per heavy atom. The Morgan fingerprint density at radius 1 is 1.33 bits per heavy atom. The number of hydrogen-bond donors (Lipinski definition) is 1. The van der Waals surface area contributed by atoms with Crippen LogP contribution in [0.2, 0.25) is 0 Å². The Balaban J connectivity index is 3.05. The minimum Gasteiger partial charge on any atom is -0.452 e. The molecule has 0 atom stereocenters. The molecule has 0 fully saturated rings. The quantitative estimate of drug-likeness (QED) is 0.827. The van der Waals surface area contributed by atoms with E-state index in [2.05, 4.69) is 21.2 Å². The van der Waals surface area contributed by atoms with Crippen LogP contribution in [0.3, 0.4) is 0 Å².